The first-order valence-corrected chi connectivity index (χ1v) is 7.96. The Kier molecular flexibility index (Phi) is 5.85. The van der Waals surface area contributed by atoms with Gasteiger partial charge in [-0.05, 0) is 37.5 Å². The molecule has 0 aliphatic carbocycles. The van der Waals surface area contributed by atoms with Gasteiger partial charge in [0.2, 0.25) is 0 Å². The molecule has 4 nitrogen and oxygen atoms in total. The number of benzene rings is 1. The molecule has 0 bridgehead atoms. The molecule has 1 heterocycles. The molecule has 1 aromatic carbocycles. The maximum absolute atomic E-state index is 12.7. The Bertz CT molecular complexity index is 593. The number of piperidine rings is 1. The monoisotopic (exact) mass is 343 g/mol. The van der Waals surface area contributed by atoms with Crippen LogP contribution in [-0.2, 0) is 15.7 Å². The first-order chi connectivity index (χ1) is 11.3. The Hall–Kier alpha value is -2.05. The van der Waals surface area contributed by atoms with E-state index in [4.69, 9.17) is 4.74 Å². The van der Waals surface area contributed by atoms with E-state index in [1.807, 2.05) is 6.92 Å². The number of carbonyl (C=O) groups is 2. The molecule has 0 radical (unpaired) electrons. The summed E-state index contributed by atoms with van der Waals surface area (Å²) in [6.07, 6.45) is -2.80. The molecule has 132 valence electrons. The summed E-state index contributed by atoms with van der Waals surface area (Å²) in [4.78, 5) is 25.7. The molecule has 24 heavy (non-hydrogen) atoms. The van der Waals surface area contributed by atoms with Crippen LogP contribution in [0, 0.1) is 5.92 Å². The van der Waals surface area contributed by atoms with Crippen LogP contribution in [0.25, 0.3) is 0 Å². The SMILES string of the molecule is CCCOC(=O)C1CCN(C(=O)c2cccc(C(F)(F)F)c2)CC1. The van der Waals surface area contributed by atoms with E-state index in [-0.39, 0.29) is 17.5 Å². The molecule has 7 heteroatoms. The second-order valence-electron chi connectivity index (χ2n) is 5.81. The molecule has 1 saturated heterocycles. The summed E-state index contributed by atoms with van der Waals surface area (Å²) >= 11 is 0. The molecule has 0 saturated carbocycles. The summed E-state index contributed by atoms with van der Waals surface area (Å²) in [6, 6.07) is 4.40. The van der Waals surface area contributed by atoms with Crippen LogP contribution in [0.2, 0.25) is 0 Å². The van der Waals surface area contributed by atoms with E-state index in [1.165, 1.54) is 17.0 Å². The van der Waals surface area contributed by atoms with Crippen molar-refractivity contribution >= 4 is 11.9 Å². The first kappa shape index (κ1) is 18.3. The predicted octanol–water partition coefficient (Wildman–Crippen LogP) is 3.51. The van der Waals surface area contributed by atoms with E-state index in [1.54, 1.807) is 0 Å². The molecule has 0 spiro atoms. The van der Waals surface area contributed by atoms with Crippen molar-refractivity contribution in [2.75, 3.05) is 19.7 Å². The number of ether oxygens (including phenoxy) is 1. The smallest absolute Gasteiger partial charge is 0.416 e. The van der Waals surface area contributed by atoms with E-state index in [9.17, 15) is 22.8 Å². The molecule has 0 N–H and O–H groups in total. The second kappa shape index (κ2) is 7.68. The third-order valence-electron chi connectivity index (χ3n) is 4.00. The van der Waals surface area contributed by atoms with Gasteiger partial charge in [-0.15, -0.1) is 0 Å². The third kappa shape index (κ3) is 4.49. The summed E-state index contributed by atoms with van der Waals surface area (Å²) < 4.78 is 43.3. The lowest BCUT2D eigenvalue weighted by Gasteiger charge is -2.31. The fourth-order valence-corrected chi connectivity index (χ4v) is 2.65. The Labute approximate surface area is 138 Å². The molecular formula is C17H20F3NO3. The molecule has 1 aliphatic rings. The standard InChI is InChI=1S/C17H20F3NO3/c1-2-10-24-16(23)12-6-8-21(9-7-12)15(22)13-4-3-5-14(11-13)17(18,19)20/h3-5,11-12H,2,6-10H2,1H3. The molecule has 1 amide bonds. The maximum atomic E-state index is 12.7. The van der Waals surface area contributed by atoms with Crippen molar-refractivity contribution in [2.24, 2.45) is 5.92 Å². The number of nitrogens with zero attached hydrogens (tertiary/aromatic N) is 1. The van der Waals surface area contributed by atoms with Gasteiger partial charge < -0.3 is 9.64 Å². The minimum Gasteiger partial charge on any atom is -0.465 e. The largest absolute Gasteiger partial charge is 0.465 e. The van der Waals surface area contributed by atoms with Gasteiger partial charge in [-0.2, -0.15) is 13.2 Å². The van der Waals surface area contributed by atoms with Gasteiger partial charge in [0.05, 0.1) is 18.1 Å². The van der Waals surface area contributed by atoms with Gasteiger partial charge >= 0.3 is 12.1 Å². The van der Waals surface area contributed by atoms with Gasteiger partial charge in [-0.25, -0.2) is 0 Å². The van der Waals surface area contributed by atoms with Crippen molar-refractivity contribution in [1.82, 2.24) is 4.90 Å². The van der Waals surface area contributed by atoms with Crippen LogP contribution < -0.4 is 0 Å². The van der Waals surface area contributed by atoms with E-state index >= 15 is 0 Å². The van der Waals surface area contributed by atoms with Crippen molar-refractivity contribution in [3.05, 3.63) is 35.4 Å². The van der Waals surface area contributed by atoms with Crippen LogP contribution in [0.3, 0.4) is 0 Å². The quantitative estimate of drug-likeness (QED) is 0.786. The molecule has 1 fully saturated rings. The Morgan fingerprint density at radius 1 is 1.25 bits per heavy atom. The van der Waals surface area contributed by atoms with Gasteiger partial charge in [-0.3, -0.25) is 9.59 Å². The third-order valence-corrected chi connectivity index (χ3v) is 4.00. The fourth-order valence-electron chi connectivity index (χ4n) is 2.65. The van der Waals surface area contributed by atoms with Crippen molar-refractivity contribution in [3.63, 3.8) is 0 Å². The van der Waals surface area contributed by atoms with Crippen LogP contribution in [0.4, 0.5) is 13.2 Å². The zero-order chi connectivity index (χ0) is 17.7. The highest BCUT2D eigenvalue weighted by Gasteiger charge is 2.32. The highest BCUT2D eigenvalue weighted by atomic mass is 19.4. The highest BCUT2D eigenvalue weighted by Crippen LogP contribution is 2.30. The minimum atomic E-state index is -4.48. The van der Waals surface area contributed by atoms with Crippen LogP contribution in [0.5, 0.6) is 0 Å². The average molecular weight is 343 g/mol. The van der Waals surface area contributed by atoms with Crippen molar-refractivity contribution in [3.8, 4) is 0 Å². The zero-order valence-corrected chi connectivity index (χ0v) is 13.4. The van der Waals surface area contributed by atoms with Crippen LogP contribution in [0.15, 0.2) is 24.3 Å². The first-order valence-electron chi connectivity index (χ1n) is 7.96. The predicted molar refractivity (Wildman–Crippen MR) is 81.3 cm³/mol. The van der Waals surface area contributed by atoms with Gasteiger partial charge in [0.25, 0.3) is 5.91 Å². The average Bonchev–Trinajstić information content (AvgIpc) is 2.58. The number of likely N-dealkylation sites (tertiary alicyclic amines) is 1. The maximum Gasteiger partial charge on any atom is 0.416 e. The summed E-state index contributed by atoms with van der Waals surface area (Å²) in [5.41, 5.74) is -0.830. The van der Waals surface area contributed by atoms with Crippen molar-refractivity contribution < 1.29 is 27.5 Å². The summed E-state index contributed by atoms with van der Waals surface area (Å²) in [5, 5.41) is 0. The number of hydrogen-bond acceptors (Lipinski definition) is 3. The fraction of sp³-hybridized carbons (Fsp3) is 0.529. The molecular weight excluding hydrogens is 323 g/mol. The topological polar surface area (TPSA) is 46.6 Å². The molecule has 2 rings (SSSR count). The molecule has 1 aromatic rings. The van der Waals surface area contributed by atoms with E-state index in [2.05, 4.69) is 0 Å². The van der Waals surface area contributed by atoms with Gasteiger partial charge in [-0.1, -0.05) is 13.0 Å². The van der Waals surface area contributed by atoms with Crippen molar-refractivity contribution in [1.29, 1.82) is 0 Å². The lowest BCUT2D eigenvalue weighted by molar-refractivity contribution is -0.150. The molecule has 1 aliphatic heterocycles. The van der Waals surface area contributed by atoms with Crippen LogP contribution in [0.1, 0.15) is 42.1 Å². The minimum absolute atomic E-state index is 0.0110. The van der Waals surface area contributed by atoms with Crippen LogP contribution >= 0.6 is 0 Å². The Balaban J connectivity index is 1.97. The normalized spacial score (nSPS) is 16.1. The van der Waals surface area contributed by atoms with Gasteiger partial charge in [0.15, 0.2) is 0 Å². The highest BCUT2D eigenvalue weighted by molar-refractivity contribution is 5.94. The van der Waals surface area contributed by atoms with Crippen LogP contribution in [-0.4, -0.2) is 36.5 Å². The second-order valence-corrected chi connectivity index (χ2v) is 5.81. The molecule has 0 unspecified atom stereocenters. The van der Waals surface area contributed by atoms with Crippen molar-refractivity contribution in [2.45, 2.75) is 32.4 Å². The Morgan fingerprint density at radius 2 is 1.92 bits per heavy atom. The van der Waals surface area contributed by atoms with E-state index in [0.717, 1.165) is 18.6 Å². The summed E-state index contributed by atoms with van der Waals surface area (Å²) in [7, 11) is 0. The summed E-state index contributed by atoms with van der Waals surface area (Å²) in [6.45, 7) is 2.95. The molecule has 0 aromatic heterocycles. The number of halogens is 3. The number of amides is 1. The van der Waals surface area contributed by atoms with E-state index in [0.29, 0.717) is 32.5 Å². The van der Waals surface area contributed by atoms with Gasteiger partial charge in [0.1, 0.15) is 0 Å². The number of hydrogen-bond donors (Lipinski definition) is 0. The number of carbonyl (C=O) groups excluding carboxylic acids is 2. The Morgan fingerprint density at radius 3 is 2.50 bits per heavy atom. The number of rotatable bonds is 4. The lowest BCUT2D eigenvalue weighted by Crippen LogP contribution is -2.40. The summed E-state index contributed by atoms with van der Waals surface area (Å²) in [5.74, 6) is -0.952. The molecule has 0 atom stereocenters. The zero-order valence-electron chi connectivity index (χ0n) is 13.4. The van der Waals surface area contributed by atoms with E-state index < -0.39 is 17.6 Å². The number of alkyl halides is 3. The number of esters is 1. The van der Waals surface area contributed by atoms with Gasteiger partial charge in [0, 0.05) is 18.7 Å². The lowest BCUT2D eigenvalue weighted by atomic mass is 9.96.